The van der Waals surface area contributed by atoms with Crippen molar-refractivity contribution in [2.75, 3.05) is 13.2 Å². The van der Waals surface area contributed by atoms with E-state index in [1.807, 2.05) is 24.0 Å². The summed E-state index contributed by atoms with van der Waals surface area (Å²) in [6.07, 6.45) is 7.02. The third kappa shape index (κ3) is 5.07. The molecule has 3 aromatic rings. The predicted octanol–water partition coefficient (Wildman–Crippen LogP) is 4.09. The van der Waals surface area contributed by atoms with E-state index < -0.39 is 5.82 Å². The van der Waals surface area contributed by atoms with Crippen molar-refractivity contribution in [1.82, 2.24) is 24.8 Å². The first-order valence-corrected chi connectivity index (χ1v) is 10.8. The average molecular weight is 436 g/mol. The summed E-state index contributed by atoms with van der Waals surface area (Å²) >= 11 is 0. The summed E-state index contributed by atoms with van der Waals surface area (Å²) < 4.78 is 18.7. The second kappa shape index (κ2) is 9.80. The molecule has 1 saturated heterocycles. The largest absolute Gasteiger partial charge is 0.478 e. The highest BCUT2D eigenvalue weighted by molar-refractivity contribution is 5.98. The molecule has 4 rings (SSSR count). The Labute approximate surface area is 186 Å². The molecule has 0 N–H and O–H groups in total. The molecule has 1 aliphatic heterocycles. The van der Waals surface area contributed by atoms with Gasteiger partial charge in [0.2, 0.25) is 5.88 Å². The quantitative estimate of drug-likeness (QED) is 0.580. The molecule has 0 radical (unpaired) electrons. The predicted molar refractivity (Wildman–Crippen MR) is 118 cm³/mol. The van der Waals surface area contributed by atoms with Crippen molar-refractivity contribution in [3.63, 3.8) is 0 Å². The highest BCUT2D eigenvalue weighted by Crippen LogP contribution is 2.28. The number of amides is 1. The van der Waals surface area contributed by atoms with E-state index in [4.69, 9.17) is 4.74 Å². The van der Waals surface area contributed by atoms with E-state index in [1.165, 1.54) is 12.1 Å². The van der Waals surface area contributed by atoms with Crippen LogP contribution in [0.2, 0.25) is 0 Å². The Morgan fingerprint density at radius 3 is 2.72 bits per heavy atom. The standard InChI is InChI=1S/C24H26FN5O2/c1-16-4-7-19(10-13-32-21-9-6-18(25)14-28-21)30(15-16)24(31)22-20(8-5-17(2)29-22)23-26-11-3-12-27-23/h3,5-6,8-9,11-12,14,16,19H,4,7,10,13,15H2,1-2H3/t16-,19-/m0/s1. The van der Waals surface area contributed by atoms with E-state index in [2.05, 4.69) is 26.9 Å². The lowest BCUT2D eigenvalue weighted by Gasteiger charge is -2.38. The highest BCUT2D eigenvalue weighted by Gasteiger charge is 2.32. The van der Waals surface area contributed by atoms with E-state index in [0.29, 0.717) is 48.5 Å². The second-order valence-corrected chi connectivity index (χ2v) is 8.17. The summed E-state index contributed by atoms with van der Waals surface area (Å²) in [5.74, 6) is 0.732. The van der Waals surface area contributed by atoms with Crippen molar-refractivity contribution in [2.45, 2.75) is 39.2 Å². The van der Waals surface area contributed by atoms with Gasteiger partial charge in [-0.15, -0.1) is 0 Å². The molecule has 0 aromatic carbocycles. The summed E-state index contributed by atoms with van der Waals surface area (Å²) in [5.41, 5.74) is 1.77. The molecule has 0 saturated carbocycles. The average Bonchev–Trinajstić information content (AvgIpc) is 2.81. The molecule has 8 heteroatoms. The van der Waals surface area contributed by atoms with E-state index in [0.717, 1.165) is 24.7 Å². The third-order valence-electron chi connectivity index (χ3n) is 5.65. The molecule has 1 aliphatic rings. The fourth-order valence-corrected chi connectivity index (χ4v) is 3.98. The van der Waals surface area contributed by atoms with Gasteiger partial charge in [-0.05, 0) is 49.9 Å². The van der Waals surface area contributed by atoms with Crippen molar-refractivity contribution in [3.05, 3.63) is 66.1 Å². The molecule has 0 bridgehead atoms. The van der Waals surface area contributed by atoms with Crippen LogP contribution < -0.4 is 4.74 Å². The van der Waals surface area contributed by atoms with E-state index >= 15 is 0 Å². The Morgan fingerprint density at radius 1 is 1.16 bits per heavy atom. The first-order valence-electron chi connectivity index (χ1n) is 10.8. The fraction of sp³-hybridized carbons (Fsp3) is 0.375. The van der Waals surface area contributed by atoms with E-state index in [9.17, 15) is 9.18 Å². The molecular weight excluding hydrogens is 409 g/mol. The fourth-order valence-electron chi connectivity index (χ4n) is 3.98. The van der Waals surface area contributed by atoms with Gasteiger partial charge in [-0.1, -0.05) is 6.92 Å². The molecule has 166 valence electrons. The number of carbonyl (C=O) groups is 1. The van der Waals surface area contributed by atoms with Gasteiger partial charge in [-0.2, -0.15) is 0 Å². The Bertz CT molecular complexity index is 1060. The van der Waals surface area contributed by atoms with Crippen molar-refractivity contribution in [2.24, 2.45) is 5.92 Å². The monoisotopic (exact) mass is 435 g/mol. The van der Waals surface area contributed by atoms with Crippen LogP contribution in [0, 0.1) is 18.7 Å². The molecule has 1 amide bonds. The number of rotatable bonds is 6. The van der Waals surface area contributed by atoms with E-state index in [1.54, 1.807) is 18.5 Å². The van der Waals surface area contributed by atoms with Crippen molar-refractivity contribution < 1.29 is 13.9 Å². The zero-order chi connectivity index (χ0) is 22.5. The van der Waals surface area contributed by atoms with Gasteiger partial charge in [0.1, 0.15) is 11.5 Å². The smallest absolute Gasteiger partial charge is 0.273 e. The SMILES string of the molecule is Cc1ccc(-c2ncccn2)c(C(=O)N2C[C@@H](C)CC[C@H]2CCOc2ccc(F)cn2)n1. The molecular formula is C24H26FN5O2. The van der Waals surface area contributed by atoms with Gasteiger partial charge in [0.25, 0.3) is 5.91 Å². The van der Waals surface area contributed by atoms with Gasteiger partial charge in [0.15, 0.2) is 5.82 Å². The molecule has 1 fully saturated rings. The van der Waals surface area contributed by atoms with Gasteiger partial charge >= 0.3 is 0 Å². The summed E-state index contributed by atoms with van der Waals surface area (Å²) in [7, 11) is 0. The summed E-state index contributed by atoms with van der Waals surface area (Å²) in [5, 5.41) is 0. The van der Waals surface area contributed by atoms with Gasteiger partial charge < -0.3 is 9.64 Å². The molecule has 2 atom stereocenters. The van der Waals surface area contributed by atoms with Crippen LogP contribution in [-0.4, -0.2) is 49.9 Å². The highest BCUT2D eigenvalue weighted by atomic mass is 19.1. The number of hydrogen-bond acceptors (Lipinski definition) is 6. The van der Waals surface area contributed by atoms with Crippen LogP contribution in [0.15, 0.2) is 48.9 Å². The first-order chi connectivity index (χ1) is 15.5. The maximum Gasteiger partial charge on any atom is 0.273 e. The van der Waals surface area contributed by atoms with Crippen LogP contribution in [0.1, 0.15) is 42.4 Å². The van der Waals surface area contributed by atoms with Crippen LogP contribution in [0.25, 0.3) is 11.4 Å². The van der Waals surface area contributed by atoms with E-state index in [-0.39, 0.29) is 11.9 Å². The number of pyridine rings is 2. The summed E-state index contributed by atoms with van der Waals surface area (Å²) in [4.78, 5) is 32.7. The lowest BCUT2D eigenvalue weighted by Crippen LogP contribution is -2.47. The first kappa shape index (κ1) is 21.8. The number of carbonyl (C=O) groups excluding carboxylic acids is 1. The Kier molecular flexibility index (Phi) is 6.68. The Hall–Kier alpha value is -3.42. The van der Waals surface area contributed by atoms with Crippen LogP contribution >= 0.6 is 0 Å². The number of likely N-dealkylation sites (tertiary alicyclic amines) is 1. The minimum atomic E-state index is -0.403. The normalized spacial score (nSPS) is 18.4. The molecule has 0 aliphatic carbocycles. The number of halogens is 1. The van der Waals surface area contributed by atoms with Gasteiger partial charge in [0.05, 0.1) is 18.4 Å². The second-order valence-electron chi connectivity index (χ2n) is 8.17. The lowest BCUT2D eigenvalue weighted by molar-refractivity contribution is 0.0502. The maximum atomic E-state index is 13.7. The Balaban J connectivity index is 1.54. The molecule has 4 heterocycles. The number of piperidine rings is 1. The number of hydrogen-bond donors (Lipinski definition) is 0. The van der Waals surface area contributed by atoms with Crippen LogP contribution in [0.3, 0.4) is 0 Å². The molecule has 7 nitrogen and oxygen atoms in total. The Morgan fingerprint density at radius 2 is 1.97 bits per heavy atom. The van der Waals surface area contributed by atoms with Crippen LogP contribution in [0.4, 0.5) is 4.39 Å². The molecule has 32 heavy (non-hydrogen) atoms. The zero-order valence-corrected chi connectivity index (χ0v) is 18.2. The summed E-state index contributed by atoms with van der Waals surface area (Å²) in [6.45, 7) is 5.06. The van der Waals surface area contributed by atoms with Gasteiger partial charge in [0, 0.05) is 43.2 Å². The number of aryl methyl sites for hydroxylation is 1. The molecule has 0 unspecified atom stereocenters. The number of ether oxygens (including phenoxy) is 1. The number of nitrogens with zero attached hydrogens (tertiary/aromatic N) is 5. The van der Waals surface area contributed by atoms with Crippen LogP contribution in [0.5, 0.6) is 5.88 Å². The lowest BCUT2D eigenvalue weighted by atomic mass is 9.92. The van der Waals surface area contributed by atoms with Gasteiger partial charge in [-0.3, -0.25) is 4.79 Å². The van der Waals surface area contributed by atoms with Gasteiger partial charge in [-0.25, -0.2) is 24.3 Å². The molecule has 0 spiro atoms. The van der Waals surface area contributed by atoms with Crippen molar-refractivity contribution in [3.8, 4) is 17.3 Å². The molecule has 3 aromatic heterocycles. The topological polar surface area (TPSA) is 81.1 Å². The maximum absolute atomic E-state index is 13.7. The van der Waals surface area contributed by atoms with Crippen LogP contribution in [-0.2, 0) is 0 Å². The number of aromatic nitrogens is 4. The summed E-state index contributed by atoms with van der Waals surface area (Å²) in [6, 6.07) is 8.30. The third-order valence-corrected chi connectivity index (χ3v) is 5.65. The zero-order valence-electron chi connectivity index (χ0n) is 18.2. The van der Waals surface area contributed by atoms with Crippen molar-refractivity contribution in [1.29, 1.82) is 0 Å². The minimum Gasteiger partial charge on any atom is -0.478 e. The van der Waals surface area contributed by atoms with Crippen molar-refractivity contribution >= 4 is 5.91 Å². The minimum absolute atomic E-state index is 0.0194.